The van der Waals surface area contributed by atoms with E-state index in [0.29, 0.717) is 0 Å². The fourth-order valence-electron chi connectivity index (χ4n) is 1.36. The first-order chi connectivity index (χ1) is 8.47. The Morgan fingerprint density at radius 3 is 1.88 bits per heavy atom. The maximum absolute atomic E-state index is 3.78. The molecule has 2 heterocycles. The summed E-state index contributed by atoms with van der Waals surface area (Å²) in [7, 11) is 0. The zero-order valence-electron chi connectivity index (χ0n) is 9.36. The van der Waals surface area contributed by atoms with Gasteiger partial charge >= 0.3 is 0 Å². The Morgan fingerprint density at radius 1 is 0.706 bits per heavy atom. The molecule has 0 N–H and O–H groups in total. The summed E-state index contributed by atoms with van der Waals surface area (Å²) >= 11 is 1.78. The molecule has 0 aliphatic carbocycles. The normalized spacial score (nSPS) is 9.18. The molecular weight excluding hydrogens is 226 g/mol. The molecule has 0 amide bonds. The topological polar surface area (TPSA) is 12.9 Å². The highest BCUT2D eigenvalue weighted by Crippen LogP contribution is 2.23. The number of rotatable bonds is 1. The van der Waals surface area contributed by atoms with Crippen LogP contribution in [0.5, 0.6) is 0 Å². The number of thiophene rings is 1. The van der Waals surface area contributed by atoms with E-state index in [1.54, 1.807) is 23.7 Å². The second kappa shape index (κ2) is 6.61. The first kappa shape index (κ1) is 11.6. The van der Waals surface area contributed by atoms with Crippen molar-refractivity contribution in [1.29, 1.82) is 0 Å². The van der Waals surface area contributed by atoms with Crippen molar-refractivity contribution in [1.82, 2.24) is 4.98 Å². The molecule has 0 aliphatic rings. The van der Waals surface area contributed by atoms with Crippen LogP contribution in [0.2, 0.25) is 0 Å². The molecule has 0 bridgehead atoms. The predicted molar refractivity (Wildman–Crippen MR) is 74.0 cm³/mol. The summed E-state index contributed by atoms with van der Waals surface area (Å²) in [6, 6.07) is 20.4. The van der Waals surface area contributed by atoms with Crippen molar-refractivity contribution in [3.05, 3.63) is 78.4 Å². The van der Waals surface area contributed by atoms with Gasteiger partial charge in [-0.1, -0.05) is 42.5 Å². The number of pyridine rings is 1. The van der Waals surface area contributed by atoms with Crippen molar-refractivity contribution in [2.45, 2.75) is 0 Å². The van der Waals surface area contributed by atoms with Gasteiger partial charge in [0.15, 0.2) is 0 Å². The lowest BCUT2D eigenvalue weighted by molar-refractivity contribution is 1.33. The molecule has 0 aliphatic heterocycles. The molecule has 3 aromatic rings. The summed E-state index contributed by atoms with van der Waals surface area (Å²) in [6.45, 7) is 0. The summed E-state index contributed by atoms with van der Waals surface area (Å²) < 4.78 is 0. The van der Waals surface area contributed by atoms with E-state index < -0.39 is 0 Å². The van der Waals surface area contributed by atoms with Crippen LogP contribution in [0.4, 0.5) is 0 Å². The van der Waals surface area contributed by atoms with Gasteiger partial charge in [0.1, 0.15) is 0 Å². The van der Waals surface area contributed by atoms with Crippen molar-refractivity contribution in [2.75, 3.05) is 0 Å². The van der Waals surface area contributed by atoms with E-state index in [0.717, 1.165) is 0 Å². The van der Waals surface area contributed by atoms with Crippen LogP contribution in [0.1, 0.15) is 0 Å². The van der Waals surface area contributed by atoms with E-state index in [-0.39, 0.29) is 0 Å². The lowest BCUT2D eigenvalue weighted by Crippen LogP contribution is -1.67. The highest BCUT2D eigenvalue weighted by atomic mass is 32.1. The molecule has 0 spiro atoms. The summed E-state index contributed by atoms with van der Waals surface area (Å²) in [5.74, 6) is 0. The Morgan fingerprint density at radius 2 is 1.41 bits per heavy atom. The molecule has 1 aromatic carbocycles. The van der Waals surface area contributed by atoms with Gasteiger partial charge in [-0.05, 0) is 29.1 Å². The molecule has 1 nitrogen and oxygen atoms in total. The average molecular weight is 239 g/mol. The fraction of sp³-hybridized carbons (Fsp3) is 0. The van der Waals surface area contributed by atoms with Crippen molar-refractivity contribution in [3.63, 3.8) is 0 Å². The van der Waals surface area contributed by atoms with Crippen LogP contribution < -0.4 is 0 Å². The average Bonchev–Trinajstić information content (AvgIpc) is 2.96. The first-order valence-electron chi connectivity index (χ1n) is 5.41. The molecule has 0 fully saturated rings. The van der Waals surface area contributed by atoms with Crippen LogP contribution in [0.3, 0.4) is 0 Å². The van der Waals surface area contributed by atoms with E-state index in [9.17, 15) is 0 Å². The largest absolute Gasteiger partial charge is 0.265 e. The summed E-state index contributed by atoms with van der Waals surface area (Å²) in [4.78, 5) is 5.12. The Hall–Kier alpha value is -1.93. The highest BCUT2D eigenvalue weighted by molar-refractivity contribution is 7.13. The third-order valence-corrected chi connectivity index (χ3v) is 3.06. The molecular formula is C15H13NS. The lowest BCUT2D eigenvalue weighted by atomic mass is 10.2. The van der Waals surface area contributed by atoms with Crippen LogP contribution in [0.25, 0.3) is 10.4 Å². The number of hydrogen-bond acceptors (Lipinski definition) is 2. The van der Waals surface area contributed by atoms with Gasteiger partial charge in [0.2, 0.25) is 0 Å². The van der Waals surface area contributed by atoms with Gasteiger partial charge < -0.3 is 0 Å². The number of benzene rings is 1. The number of hydrogen-bond donors (Lipinski definition) is 0. The molecule has 0 saturated carbocycles. The van der Waals surface area contributed by atoms with E-state index in [2.05, 4.69) is 46.8 Å². The van der Waals surface area contributed by atoms with Crippen LogP contribution in [-0.4, -0.2) is 4.98 Å². The van der Waals surface area contributed by atoms with E-state index >= 15 is 0 Å². The second-order valence-electron chi connectivity index (χ2n) is 3.37. The Labute approximate surface area is 105 Å². The summed E-state index contributed by atoms with van der Waals surface area (Å²) in [5, 5.41) is 2.10. The van der Waals surface area contributed by atoms with E-state index in [1.807, 2.05) is 24.3 Å². The third kappa shape index (κ3) is 3.85. The Balaban J connectivity index is 0.000000153. The summed E-state index contributed by atoms with van der Waals surface area (Å²) in [6.07, 6.45) is 3.50. The van der Waals surface area contributed by atoms with Gasteiger partial charge in [-0.3, -0.25) is 4.98 Å². The zero-order chi connectivity index (χ0) is 11.8. The molecule has 0 radical (unpaired) electrons. The standard InChI is InChI=1S/C10H8S.C5H5N/c1-2-5-9(6-3-1)10-7-4-8-11-10;1-2-4-6-5-3-1/h1-8H;1-5H. The molecule has 3 rings (SSSR count). The molecule has 0 atom stereocenters. The smallest absolute Gasteiger partial charge is 0.0342 e. The third-order valence-electron chi connectivity index (χ3n) is 2.15. The molecule has 0 saturated heterocycles. The monoisotopic (exact) mass is 239 g/mol. The van der Waals surface area contributed by atoms with Gasteiger partial charge in [-0.15, -0.1) is 11.3 Å². The van der Waals surface area contributed by atoms with Crippen molar-refractivity contribution < 1.29 is 0 Å². The van der Waals surface area contributed by atoms with Crippen molar-refractivity contribution in [3.8, 4) is 10.4 Å². The first-order valence-corrected chi connectivity index (χ1v) is 6.29. The lowest BCUT2D eigenvalue weighted by Gasteiger charge is -1.93. The minimum Gasteiger partial charge on any atom is -0.265 e. The highest BCUT2D eigenvalue weighted by Gasteiger charge is 1.93. The van der Waals surface area contributed by atoms with Crippen LogP contribution in [0.15, 0.2) is 78.4 Å². The van der Waals surface area contributed by atoms with Crippen molar-refractivity contribution in [2.24, 2.45) is 0 Å². The van der Waals surface area contributed by atoms with Gasteiger partial charge in [0.25, 0.3) is 0 Å². The molecule has 2 aromatic heterocycles. The minimum atomic E-state index is 1.31. The van der Waals surface area contributed by atoms with E-state index in [1.165, 1.54) is 10.4 Å². The predicted octanol–water partition coefficient (Wildman–Crippen LogP) is 4.50. The SMILES string of the molecule is c1ccc(-c2cccs2)cc1.c1ccncc1. The van der Waals surface area contributed by atoms with Crippen molar-refractivity contribution >= 4 is 11.3 Å². The molecule has 2 heteroatoms. The second-order valence-corrected chi connectivity index (χ2v) is 4.32. The Kier molecular flexibility index (Phi) is 4.49. The number of aromatic nitrogens is 1. The van der Waals surface area contributed by atoms with Gasteiger partial charge in [-0.25, -0.2) is 0 Å². The zero-order valence-corrected chi connectivity index (χ0v) is 10.2. The molecule has 84 valence electrons. The summed E-state index contributed by atoms with van der Waals surface area (Å²) in [5.41, 5.74) is 1.31. The fourth-order valence-corrected chi connectivity index (χ4v) is 2.09. The van der Waals surface area contributed by atoms with Crippen LogP contribution >= 0.6 is 11.3 Å². The molecule has 17 heavy (non-hydrogen) atoms. The van der Waals surface area contributed by atoms with E-state index in [4.69, 9.17) is 0 Å². The Bertz CT molecular complexity index is 476. The van der Waals surface area contributed by atoms with Gasteiger partial charge in [0.05, 0.1) is 0 Å². The van der Waals surface area contributed by atoms with Gasteiger partial charge in [-0.2, -0.15) is 0 Å². The maximum atomic E-state index is 3.78. The number of nitrogens with zero attached hydrogens (tertiary/aromatic N) is 1. The van der Waals surface area contributed by atoms with Crippen LogP contribution in [-0.2, 0) is 0 Å². The minimum absolute atomic E-state index is 1.31. The molecule has 0 unspecified atom stereocenters. The quantitative estimate of drug-likeness (QED) is 0.609. The van der Waals surface area contributed by atoms with Gasteiger partial charge in [0, 0.05) is 17.3 Å². The van der Waals surface area contributed by atoms with Crippen LogP contribution in [0, 0.1) is 0 Å². The maximum Gasteiger partial charge on any atom is 0.0342 e.